The second kappa shape index (κ2) is 12.0. The van der Waals surface area contributed by atoms with Gasteiger partial charge in [-0.05, 0) is 39.0 Å². The number of hydrogen-bond acceptors (Lipinski definition) is 7. The fraction of sp³-hybridized carbons (Fsp3) is 0.409. The molecular formula is C22H32FN3O4S3. The molecule has 0 saturated carbocycles. The van der Waals surface area contributed by atoms with Crippen LogP contribution in [0, 0.1) is 5.82 Å². The van der Waals surface area contributed by atoms with E-state index in [0.717, 1.165) is 4.57 Å². The highest BCUT2D eigenvalue weighted by molar-refractivity contribution is 7.81. The molecule has 1 aromatic carbocycles. The Balaban J connectivity index is 0.00000133. The number of carbonyl (C=O) groups is 2. The molecule has 0 fully saturated rings. The predicted octanol–water partition coefficient (Wildman–Crippen LogP) is 4.71. The predicted molar refractivity (Wildman–Crippen MR) is 140 cm³/mol. The quantitative estimate of drug-likeness (QED) is 0.385. The number of nitrogens with zero attached hydrogens (tertiary/aromatic N) is 2. The monoisotopic (exact) mass is 517 g/mol. The van der Waals surface area contributed by atoms with Crippen LogP contribution in [0.2, 0.25) is 0 Å². The van der Waals surface area contributed by atoms with Gasteiger partial charge in [0.15, 0.2) is 5.01 Å². The molecule has 3 rings (SSSR count). The Morgan fingerprint density at radius 2 is 1.79 bits per heavy atom. The Bertz CT molecular complexity index is 1090. The Labute approximate surface area is 209 Å². The summed E-state index contributed by atoms with van der Waals surface area (Å²) < 4.78 is 20.4. The van der Waals surface area contributed by atoms with E-state index >= 15 is 0 Å². The van der Waals surface area contributed by atoms with Crippen molar-refractivity contribution in [2.45, 2.75) is 58.4 Å². The normalized spacial score (nSPS) is 11.1. The van der Waals surface area contributed by atoms with Gasteiger partial charge in [0, 0.05) is 28.3 Å². The number of aromatic nitrogens is 2. The van der Waals surface area contributed by atoms with Crippen LogP contribution < -0.4 is 5.73 Å². The number of thiazole rings is 1. The lowest BCUT2D eigenvalue weighted by Gasteiger charge is -2.19. The largest absolute Gasteiger partial charge is 0.443 e. The molecule has 4 N–H and O–H groups in total. The van der Waals surface area contributed by atoms with Crippen molar-refractivity contribution in [2.75, 3.05) is 0 Å². The lowest BCUT2D eigenvalue weighted by atomic mass is 10.1. The van der Waals surface area contributed by atoms with E-state index in [1.807, 2.05) is 0 Å². The van der Waals surface area contributed by atoms with Gasteiger partial charge in [-0.25, -0.2) is 14.2 Å². The van der Waals surface area contributed by atoms with Crippen molar-refractivity contribution in [1.82, 2.24) is 9.55 Å². The molecular weight excluding hydrogens is 485 g/mol. The molecule has 0 aliphatic rings. The smallest absolute Gasteiger partial charge is 0.419 e. The second-order valence-electron chi connectivity index (χ2n) is 8.90. The minimum absolute atomic E-state index is 0. The van der Waals surface area contributed by atoms with Crippen molar-refractivity contribution in [3.05, 3.63) is 51.9 Å². The Hall–Kier alpha value is -1.92. The number of hydrogen-bond donors (Lipinski definition) is 2. The number of rotatable bonds is 3. The van der Waals surface area contributed by atoms with Crippen LogP contribution in [0.3, 0.4) is 0 Å². The summed E-state index contributed by atoms with van der Waals surface area (Å²) >= 11 is 5.30. The van der Waals surface area contributed by atoms with Crippen LogP contribution in [0.15, 0.2) is 29.8 Å². The van der Waals surface area contributed by atoms with Crippen molar-refractivity contribution in [3.63, 3.8) is 0 Å². The molecule has 7 nitrogen and oxygen atoms in total. The highest BCUT2D eigenvalue weighted by Gasteiger charge is 2.25. The molecule has 3 aromatic rings. The first-order chi connectivity index (χ1) is 14.2. The van der Waals surface area contributed by atoms with E-state index in [1.54, 1.807) is 26.2 Å². The lowest BCUT2D eigenvalue weighted by Crippen LogP contribution is -2.26. The van der Waals surface area contributed by atoms with E-state index in [1.165, 1.54) is 35.7 Å². The standard InChI is InChI=1S/C18H18FN3O3S.C4H10S.H2O.H2S/c1-18(2,3)25-17(24)22-8-13(12-5-4-10(19)6-14(12)22)15(23)16-21-11(7-20)9-26-16;1-4(2,3)5;;/h4-6,8-9H,7,20H2,1-3H3;5H,1-3H3;2*1H2. The minimum Gasteiger partial charge on any atom is -0.443 e. The van der Waals surface area contributed by atoms with Crippen molar-refractivity contribution >= 4 is 60.2 Å². The number of ether oxygens (including phenoxy) is 1. The zero-order chi connectivity index (χ0) is 23.6. The highest BCUT2D eigenvalue weighted by atomic mass is 32.1. The number of thiol groups is 1. The first-order valence-electron chi connectivity index (χ1n) is 9.65. The maximum absolute atomic E-state index is 13.7. The second-order valence-corrected chi connectivity index (χ2v) is 11.1. The summed E-state index contributed by atoms with van der Waals surface area (Å²) in [4.78, 5) is 29.5. The number of halogens is 1. The maximum Gasteiger partial charge on any atom is 0.419 e. The summed E-state index contributed by atoms with van der Waals surface area (Å²) in [7, 11) is 0. The molecule has 11 heteroatoms. The molecule has 0 atom stereocenters. The van der Waals surface area contributed by atoms with Gasteiger partial charge in [-0.1, -0.05) is 20.8 Å². The van der Waals surface area contributed by atoms with Gasteiger partial charge in [0.05, 0.1) is 16.8 Å². The van der Waals surface area contributed by atoms with Gasteiger partial charge in [0.2, 0.25) is 5.78 Å². The molecule has 0 aliphatic heterocycles. The molecule has 0 aliphatic carbocycles. The Morgan fingerprint density at radius 3 is 2.27 bits per heavy atom. The van der Waals surface area contributed by atoms with Crippen LogP contribution in [0.1, 0.15) is 62.6 Å². The zero-order valence-electron chi connectivity index (χ0n) is 19.5. The molecule has 0 amide bonds. The summed E-state index contributed by atoms with van der Waals surface area (Å²) in [5.41, 5.74) is 5.94. The van der Waals surface area contributed by atoms with Gasteiger partial charge in [-0.3, -0.25) is 9.36 Å². The minimum atomic E-state index is -0.726. The van der Waals surface area contributed by atoms with E-state index in [4.69, 9.17) is 10.5 Å². The lowest BCUT2D eigenvalue weighted by molar-refractivity contribution is 0.0544. The summed E-state index contributed by atoms with van der Waals surface area (Å²) in [6.45, 7) is 11.6. The topological polar surface area (TPSA) is 119 Å². The molecule has 0 saturated heterocycles. The third-order valence-corrected chi connectivity index (χ3v) is 4.45. The van der Waals surface area contributed by atoms with Gasteiger partial charge >= 0.3 is 6.09 Å². The fourth-order valence-corrected chi connectivity index (χ4v) is 3.25. The van der Waals surface area contributed by atoms with Crippen LogP contribution in [-0.4, -0.2) is 37.3 Å². The molecule has 184 valence electrons. The highest BCUT2D eigenvalue weighted by Crippen LogP contribution is 2.27. The Kier molecular flexibility index (Phi) is 11.3. The molecule has 0 radical (unpaired) electrons. The molecule has 2 aromatic heterocycles. The van der Waals surface area contributed by atoms with E-state index < -0.39 is 17.5 Å². The van der Waals surface area contributed by atoms with Gasteiger partial charge in [-0.15, -0.1) is 11.3 Å². The third kappa shape index (κ3) is 9.09. The van der Waals surface area contributed by atoms with E-state index in [2.05, 4.69) is 38.4 Å². The fourth-order valence-electron chi connectivity index (χ4n) is 2.46. The number of ketones is 1. The van der Waals surface area contributed by atoms with Gasteiger partial charge < -0.3 is 15.9 Å². The SMILES string of the molecule is CC(C)(C)OC(=O)n1cc(C(=O)c2nc(CN)cs2)c2ccc(F)cc21.CC(C)(C)S.O.S. The van der Waals surface area contributed by atoms with Gasteiger partial charge in [0.1, 0.15) is 11.4 Å². The summed E-state index contributed by atoms with van der Waals surface area (Å²) in [5, 5.41) is 2.42. The third-order valence-electron chi connectivity index (χ3n) is 3.56. The van der Waals surface area contributed by atoms with Crippen LogP contribution >= 0.6 is 37.5 Å². The van der Waals surface area contributed by atoms with Crippen LogP contribution in [0.25, 0.3) is 10.9 Å². The molecule has 0 spiro atoms. The number of nitrogens with two attached hydrogens (primary N) is 1. The first-order valence-corrected chi connectivity index (χ1v) is 11.0. The van der Waals surface area contributed by atoms with Crippen molar-refractivity contribution in [1.29, 1.82) is 0 Å². The summed E-state index contributed by atoms with van der Waals surface area (Å²) in [6.07, 6.45) is 0.679. The number of fused-ring (bicyclic) bond motifs is 1. The average molecular weight is 518 g/mol. The first kappa shape index (κ1) is 31.1. The zero-order valence-corrected chi connectivity index (χ0v) is 22.2. The van der Waals surface area contributed by atoms with E-state index in [9.17, 15) is 14.0 Å². The molecule has 33 heavy (non-hydrogen) atoms. The van der Waals surface area contributed by atoms with E-state index in [-0.39, 0.29) is 52.1 Å². The average Bonchev–Trinajstić information content (AvgIpc) is 3.22. The summed E-state index contributed by atoms with van der Waals surface area (Å²) in [6, 6.07) is 3.91. The van der Waals surface area contributed by atoms with Crippen molar-refractivity contribution in [2.24, 2.45) is 5.73 Å². The molecule has 0 unspecified atom stereocenters. The van der Waals surface area contributed by atoms with Crippen molar-refractivity contribution < 1.29 is 24.2 Å². The summed E-state index contributed by atoms with van der Waals surface area (Å²) in [5.74, 6) is -0.868. The number of benzene rings is 1. The van der Waals surface area contributed by atoms with Crippen LogP contribution in [-0.2, 0) is 11.3 Å². The number of carbonyl (C=O) groups excluding carboxylic acids is 2. The van der Waals surface area contributed by atoms with E-state index in [0.29, 0.717) is 11.1 Å². The van der Waals surface area contributed by atoms with Gasteiger partial charge in [-0.2, -0.15) is 26.1 Å². The Morgan fingerprint density at radius 1 is 1.21 bits per heavy atom. The molecule has 0 bridgehead atoms. The molecule has 2 heterocycles. The van der Waals surface area contributed by atoms with Gasteiger partial charge in [0.25, 0.3) is 0 Å². The van der Waals surface area contributed by atoms with Crippen LogP contribution in [0.4, 0.5) is 9.18 Å². The maximum atomic E-state index is 13.7. The van der Waals surface area contributed by atoms with Crippen molar-refractivity contribution in [3.8, 4) is 0 Å². The van der Waals surface area contributed by atoms with Crippen LogP contribution in [0.5, 0.6) is 0 Å².